The maximum atomic E-state index is 13.7. The van der Waals surface area contributed by atoms with Crippen LogP contribution in [-0.4, -0.2) is 67.0 Å². The van der Waals surface area contributed by atoms with E-state index in [2.05, 4.69) is 15.2 Å². The molecule has 0 saturated carbocycles. The lowest BCUT2D eigenvalue weighted by molar-refractivity contribution is 0.0373. The number of ether oxygens (including phenoxy) is 1. The van der Waals surface area contributed by atoms with Gasteiger partial charge in [0.2, 0.25) is 0 Å². The largest absolute Gasteiger partial charge is 0.487 e. The van der Waals surface area contributed by atoms with Crippen LogP contribution in [0, 0.1) is 11.2 Å². The number of carbonyl (C=O) groups is 1. The van der Waals surface area contributed by atoms with Crippen molar-refractivity contribution in [1.29, 1.82) is 5.41 Å². The molecule has 1 amide bonds. The Morgan fingerprint density at radius 1 is 1.39 bits per heavy atom. The molecule has 7 nitrogen and oxygen atoms in total. The zero-order valence-corrected chi connectivity index (χ0v) is 16.0. The second-order valence-corrected chi connectivity index (χ2v) is 7.44. The van der Waals surface area contributed by atoms with Crippen LogP contribution >= 0.6 is 11.6 Å². The number of nitrogens with zero attached hydrogens (tertiary/aromatic N) is 3. The van der Waals surface area contributed by atoms with E-state index in [9.17, 15) is 9.18 Å². The van der Waals surface area contributed by atoms with Gasteiger partial charge >= 0.3 is 0 Å². The fourth-order valence-electron chi connectivity index (χ4n) is 3.33. The van der Waals surface area contributed by atoms with Crippen LogP contribution in [-0.2, 0) is 0 Å². The number of likely N-dealkylation sites (N-methyl/N-ethyl adjacent to an activating group) is 1. The molecule has 0 spiro atoms. The molecule has 0 aromatic heterocycles. The molecule has 2 saturated heterocycles. The number of likely N-dealkylation sites (tertiary alicyclic amines) is 2. The van der Waals surface area contributed by atoms with Crippen LogP contribution in [0.5, 0.6) is 5.75 Å². The summed E-state index contributed by atoms with van der Waals surface area (Å²) in [7, 11) is 1.96. The van der Waals surface area contributed by atoms with Gasteiger partial charge in [0.1, 0.15) is 23.5 Å². The van der Waals surface area contributed by atoms with E-state index in [4.69, 9.17) is 21.7 Å². The van der Waals surface area contributed by atoms with Crippen molar-refractivity contribution >= 4 is 29.4 Å². The molecule has 0 bridgehead atoms. The Balaban J connectivity index is 1.54. The lowest BCUT2D eigenvalue weighted by Crippen LogP contribution is -2.51. The molecule has 0 radical (unpaired) electrons. The van der Waals surface area contributed by atoms with Crippen molar-refractivity contribution < 1.29 is 13.9 Å². The van der Waals surface area contributed by atoms with Crippen molar-refractivity contribution in [2.45, 2.75) is 6.10 Å². The topological polar surface area (TPSA) is 81.0 Å². The van der Waals surface area contributed by atoms with Gasteiger partial charge in [0, 0.05) is 37.1 Å². The van der Waals surface area contributed by atoms with Gasteiger partial charge in [-0.1, -0.05) is 11.6 Å². The van der Waals surface area contributed by atoms with E-state index in [1.807, 2.05) is 7.05 Å². The van der Waals surface area contributed by atoms with Crippen LogP contribution in [0.1, 0.15) is 10.4 Å². The summed E-state index contributed by atoms with van der Waals surface area (Å²) in [6, 6.07) is 3.92. The average molecular weight is 404 g/mol. The van der Waals surface area contributed by atoms with Gasteiger partial charge in [0.15, 0.2) is 0 Å². The summed E-state index contributed by atoms with van der Waals surface area (Å²) in [5.74, 6) is -0.0333. The maximum Gasteiger partial charge on any atom is 0.258 e. The number of benzene rings is 1. The van der Waals surface area contributed by atoms with Gasteiger partial charge in [-0.2, -0.15) is 0 Å². The third-order valence-electron chi connectivity index (χ3n) is 4.80. The first-order valence-electron chi connectivity index (χ1n) is 8.82. The van der Waals surface area contributed by atoms with Crippen LogP contribution in [0.3, 0.4) is 0 Å². The molecule has 2 fully saturated rings. The molecule has 4 rings (SSSR count). The maximum absolute atomic E-state index is 13.7. The SMILES string of the molecule is CN1CC(Oc2cc(F)ccc2C(=O)N2CC(=N)/C(=C3/N=CC(Cl)=CN3)C2)C1. The van der Waals surface area contributed by atoms with Crippen molar-refractivity contribution in [2.24, 2.45) is 4.99 Å². The van der Waals surface area contributed by atoms with E-state index in [0.717, 1.165) is 13.1 Å². The lowest BCUT2D eigenvalue weighted by Gasteiger charge is -2.36. The number of amides is 1. The Kier molecular flexibility index (Phi) is 4.91. The molecular formula is C19H19ClFN5O2. The van der Waals surface area contributed by atoms with Crippen molar-refractivity contribution in [3.8, 4) is 5.75 Å². The van der Waals surface area contributed by atoms with E-state index in [-0.39, 0.29) is 36.4 Å². The third-order valence-corrected chi connectivity index (χ3v) is 5.00. The molecule has 1 aromatic carbocycles. The zero-order valence-electron chi connectivity index (χ0n) is 15.2. The number of hydrogen-bond acceptors (Lipinski definition) is 6. The fraction of sp³-hybridized carbons (Fsp3) is 0.316. The summed E-state index contributed by atoms with van der Waals surface area (Å²) < 4.78 is 19.6. The quantitative estimate of drug-likeness (QED) is 0.808. The first kappa shape index (κ1) is 18.6. The molecular weight excluding hydrogens is 385 g/mol. The number of nitrogens with one attached hydrogen (secondary N) is 2. The molecule has 0 unspecified atom stereocenters. The van der Waals surface area contributed by atoms with E-state index < -0.39 is 5.82 Å². The molecule has 146 valence electrons. The van der Waals surface area contributed by atoms with Crippen LogP contribution in [0.4, 0.5) is 4.39 Å². The molecule has 28 heavy (non-hydrogen) atoms. The highest BCUT2D eigenvalue weighted by atomic mass is 35.5. The number of aliphatic imine (C=N–C) groups is 1. The van der Waals surface area contributed by atoms with Gasteiger partial charge in [-0.05, 0) is 19.2 Å². The first-order chi connectivity index (χ1) is 13.4. The van der Waals surface area contributed by atoms with Crippen molar-refractivity contribution in [1.82, 2.24) is 15.1 Å². The Hall–Kier alpha value is -2.71. The minimum Gasteiger partial charge on any atom is -0.487 e. The van der Waals surface area contributed by atoms with Crippen molar-refractivity contribution in [3.05, 3.63) is 52.2 Å². The van der Waals surface area contributed by atoms with E-state index in [1.165, 1.54) is 29.3 Å². The highest BCUT2D eigenvalue weighted by Crippen LogP contribution is 2.27. The number of rotatable bonds is 3. The highest BCUT2D eigenvalue weighted by molar-refractivity contribution is 6.39. The predicted molar refractivity (Wildman–Crippen MR) is 105 cm³/mol. The van der Waals surface area contributed by atoms with Crippen LogP contribution in [0.2, 0.25) is 0 Å². The Morgan fingerprint density at radius 2 is 2.18 bits per heavy atom. The van der Waals surface area contributed by atoms with E-state index >= 15 is 0 Å². The summed E-state index contributed by atoms with van der Waals surface area (Å²) >= 11 is 5.84. The Labute approximate surface area is 166 Å². The average Bonchev–Trinajstić information content (AvgIpc) is 3.02. The number of carbonyl (C=O) groups excluding carboxylic acids is 1. The van der Waals surface area contributed by atoms with Gasteiger partial charge < -0.3 is 20.4 Å². The molecule has 1 aromatic rings. The van der Waals surface area contributed by atoms with Crippen LogP contribution in [0.25, 0.3) is 0 Å². The molecule has 9 heteroatoms. The predicted octanol–water partition coefficient (Wildman–Crippen LogP) is 1.96. The number of hydrogen-bond donors (Lipinski definition) is 2. The van der Waals surface area contributed by atoms with Gasteiger partial charge in [-0.3, -0.25) is 9.69 Å². The molecule has 3 aliphatic heterocycles. The van der Waals surface area contributed by atoms with Gasteiger partial charge in [-0.25, -0.2) is 9.38 Å². The van der Waals surface area contributed by atoms with E-state index in [0.29, 0.717) is 22.1 Å². The van der Waals surface area contributed by atoms with Crippen molar-refractivity contribution in [2.75, 3.05) is 33.2 Å². The van der Waals surface area contributed by atoms with Crippen LogP contribution < -0.4 is 10.1 Å². The highest BCUT2D eigenvalue weighted by Gasteiger charge is 2.32. The zero-order chi connectivity index (χ0) is 19.8. The minimum atomic E-state index is -0.458. The monoisotopic (exact) mass is 403 g/mol. The molecule has 0 atom stereocenters. The third kappa shape index (κ3) is 3.65. The summed E-state index contributed by atoms with van der Waals surface area (Å²) in [5, 5.41) is 11.6. The second-order valence-electron chi connectivity index (χ2n) is 7.00. The molecule has 3 heterocycles. The number of allylic oxidation sites excluding steroid dienone is 1. The number of halogens is 2. The molecule has 2 N–H and O–H groups in total. The first-order valence-corrected chi connectivity index (χ1v) is 9.20. The van der Waals surface area contributed by atoms with E-state index in [1.54, 1.807) is 6.20 Å². The smallest absolute Gasteiger partial charge is 0.258 e. The van der Waals surface area contributed by atoms with Gasteiger partial charge in [0.05, 0.1) is 29.4 Å². The molecule has 3 aliphatic rings. The summed E-state index contributed by atoms with van der Waals surface area (Å²) in [5.41, 5.74) is 1.21. The summed E-state index contributed by atoms with van der Waals surface area (Å²) in [6.45, 7) is 1.84. The second kappa shape index (κ2) is 7.37. The van der Waals surface area contributed by atoms with Gasteiger partial charge in [-0.15, -0.1) is 0 Å². The summed E-state index contributed by atoms with van der Waals surface area (Å²) in [4.78, 5) is 20.8. The Bertz CT molecular complexity index is 936. The van der Waals surface area contributed by atoms with Crippen molar-refractivity contribution in [3.63, 3.8) is 0 Å². The van der Waals surface area contributed by atoms with Gasteiger partial charge in [0.25, 0.3) is 5.91 Å². The Morgan fingerprint density at radius 3 is 2.86 bits per heavy atom. The fourth-order valence-corrected chi connectivity index (χ4v) is 3.43. The normalized spacial score (nSPS) is 22.8. The lowest BCUT2D eigenvalue weighted by atomic mass is 10.1. The summed E-state index contributed by atoms with van der Waals surface area (Å²) in [6.07, 6.45) is 3.00. The standard InChI is InChI=1S/C19H19ClFN5O2/c1-25-7-13(8-25)28-17-4-12(21)2-3-14(17)19(27)26-9-15(16(22)10-26)18-23-5-11(20)6-24-18/h2-6,13,22-23H,7-10H2,1H3/b18-15+,22-16?. The molecule has 0 aliphatic carbocycles. The minimum absolute atomic E-state index is 0.0646. The van der Waals surface area contributed by atoms with Crippen LogP contribution in [0.15, 0.2) is 45.8 Å².